The van der Waals surface area contributed by atoms with E-state index >= 15 is 0 Å². The van der Waals surface area contributed by atoms with Crippen LogP contribution in [0.25, 0.3) is 11.1 Å². The van der Waals surface area contributed by atoms with Gasteiger partial charge in [0.15, 0.2) is 0 Å². The van der Waals surface area contributed by atoms with E-state index in [2.05, 4.69) is 0 Å². The Morgan fingerprint density at radius 1 is 1.00 bits per heavy atom. The summed E-state index contributed by atoms with van der Waals surface area (Å²) in [7, 11) is 0. The highest BCUT2D eigenvalue weighted by Crippen LogP contribution is 2.31. The molecule has 0 heterocycles. The van der Waals surface area contributed by atoms with Crippen molar-refractivity contribution in [3.63, 3.8) is 0 Å². The van der Waals surface area contributed by atoms with Crippen LogP contribution in [-0.4, -0.2) is 5.91 Å². The van der Waals surface area contributed by atoms with Crippen molar-refractivity contribution in [1.82, 2.24) is 0 Å². The van der Waals surface area contributed by atoms with E-state index in [1.807, 2.05) is 0 Å². The number of rotatable bonds is 2. The second kappa shape index (κ2) is 5.17. The first-order chi connectivity index (χ1) is 9.29. The lowest BCUT2D eigenvalue weighted by Crippen LogP contribution is -2.11. The van der Waals surface area contributed by atoms with E-state index in [0.717, 1.165) is 12.1 Å². The normalized spacial score (nSPS) is 11.4. The summed E-state index contributed by atoms with van der Waals surface area (Å²) in [5, 5.41) is 0.202. The minimum atomic E-state index is -4.38. The van der Waals surface area contributed by atoms with Crippen molar-refractivity contribution >= 4 is 17.5 Å². The third kappa shape index (κ3) is 2.93. The van der Waals surface area contributed by atoms with E-state index < -0.39 is 17.6 Å². The maximum absolute atomic E-state index is 12.5. The molecule has 104 valence electrons. The smallest absolute Gasteiger partial charge is 0.366 e. The highest BCUT2D eigenvalue weighted by Gasteiger charge is 2.29. The SMILES string of the molecule is NC(=O)c1cc(-c2ccc(C(F)(F)F)cc2)ccc1Cl. The van der Waals surface area contributed by atoms with Crippen molar-refractivity contribution < 1.29 is 18.0 Å². The van der Waals surface area contributed by atoms with Crippen molar-refractivity contribution in [3.8, 4) is 11.1 Å². The molecular formula is C14H9ClF3NO. The molecule has 2 rings (SSSR count). The summed E-state index contributed by atoms with van der Waals surface area (Å²) >= 11 is 5.81. The molecule has 0 saturated carbocycles. The molecule has 0 fully saturated rings. The zero-order chi connectivity index (χ0) is 14.9. The Labute approximate surface area is 118 Å². The van der Waals surface area contributed by atoms with E-state index in [-0.39, 0.29) is 10.6 Å². The molecule has 0 unspecified atom stereocenters. The molecular weight excluding hydrogens is 291 g/mol. The summed E-state index contributed by atoms with van der Waals surface area (Å²) in [6.07, 6.45) is -4.38. The number of carbonyl (C=O) groups excluding carboxylic acids is 1. The van der Waals surface area contributed by atoms with Crippen LogP contribution in [0.15, 0.2) is 42.5 Å². The fourth-order valence-electron chi connectivity index (χ4n) is 1.75. The van der Waals surface area contributed by atoms with Gasteiger partial charge in [0, 0.05) is 0 Å². The van der Waals surface area contributed by atoms with Gasteiger partial charge in [-0.25, -0.2) is 0 Å². The second-order valence-electron chi connectivity index (χ2n) is 4.13. The maximum atomic E-state index is 12.5. The predicted octanol–water partition coefficient (Wildman–Crippen LogP) is 4.12. The van der Waals surface area contributed by atoms with Crippen LogP contribution in [0.3, 0.4) is 0 Å². The van der Waals surface area contributed by atoms with Crippen molar-refractivity contribution in [1.29, 1.82) is 0 Å². The maximum Gasteiger partial charge on any atom is 0.416 e. The number of carbonyl (C=O) groups is 1. The lowest BCUT2D eigenvalue weighted by molar-refractivity contribution is -0.137. The first-order valence-corrected chi connectivity index (χ1v) is 5.94. The predicted molar refractivity (Wildman–Crippen MR) is 70.4 cm³/mol. The molecule has 0 atom stereocenters. The van der Waals surface area contributed by atoms with E-state index in [0.29, 0.717) is 11.1 Å². The third-order valence-electron chi connectivity index (χ3n) is 2.78. The second-order valence-corrected chi connectivity index (χ2v) is 4.54. The lowest BCUT2D eigenvalue weighted by Gasteiger charge is -2.09. The highest BCUT2D eigenvalue weighted by molar-refractivity contribution is 6.33. The van der Waals surface area contributed by atoms with E-state index in [1.165, 1.54) is 24.3 Å². The van der Waals surface area contributed by atoms with Gasteiger partial charge in [-0.05, 0) is 35.4 Å². The Hall–Kier alpha value is -2.01. The topological polar surface area (TPSA) is 43.1 Å². The summed E-state index contributed by atoms with van der Waals surface area (Å²) in [4.78, 5) is 11.2. The third-order valence-corrected chi connectivity index (χ3v) is 3.11. The van der Waals surface area contributed by atoms with Crippen molar-refractivity contribution in [3.05, 3.63) is 58.6 Å². The molecule has 2 N–H and O–H groups in total. The molecule has 2 nitrogen and oxygen atoms in total. The molecule has 20 heavy (non-hydrogen) atoms. The highest BCUT2D eigenvalue weighted by atomic mass is 35.5. The number of primary amides is 1. The van der Waals surface area contributed by atoms with Crippen molar-refractivity contribution in [2.75, 3.05) is 0 Å². The summed E-state index contributed by atoms with van der Waals surface area (Å²) < 4.78 is 37.4. The molecule has 0 spiro atoms. The average Bonchev–Trinajstić information content (AvgIpc) is 2.38. The van der Waals surface area contributed by atoms with Gasteiger partial charge in [-0.2, -0.15) is 13.2 Å². The molecule has 0 aliphatic carbocycles. The minimum Gasteiger partial charge on any atom is -0.366 e. The molecule has 0 aliphatic rings. The Morgan fingerprint density at radius 3 is 2.05 bits per heavy atom. The summed E-state index contributed by atoms with van der Waals surface area (Å²) in [6.45, 7) is 0. The Bertz CT molecular complexity index is 650. The first kappa shape index (κ1) is 14.4. The number of hydrogen-bond donors (Lipinski definition) is 1. The van der Waals surface area contributed by atoms with Gasteiger partial charge in [0.05, 0.1) is 16.1 Å². The number of nitrogens with two attached hydrogens (primary N) is 1. The number of halogens is 4. The van der Waals surface area contributed by atoms with Gasteiger partial charge in [-0.1, -0.05) is 29.8 Å². The summed E-state index contributed by atoms with van der Waals surface area (Å²) in [5.41, 5.74) is 5.67. The first-order valence-electron chi connectivity index (χ1n) is 5.56. The summed E-state index contributed by atoms with van der Waals surface area (Å²) in [5.74, 6) is -0.691. The van der Waals surface area contributed by atoms with Gasteiger partial charge >= 0.3 is 6.18 Å². The van der Waals surface area contributed by atoms with Gasteiger partial charge < -0.3 is 5.73 Å². The molecule has 2 aromatic carbocycles. The zero-order valence-corrected chi connectivity index (χ0v) is 10.8. The molecule has 0 bridgehead atoms. The van der Waals surface area contributed by atoms with Gasteiger partial charge in [0.25, 0.3) is 0 Å². The van der Waals surface area contributed by atoms with Crippen LogP contribution in [0.2, 0.25) is 5.02 Å². The number of hydrogen-bond acceptors (Lipinski definition) is 1. The van der Waals surface area contributed by atoms with Crippen molar-refractivity contribution in [2.24, 2.45) is 5.73 Å². The quantitative estimate of drug-likeness (QED) is 0.890. The van der Waals surface area contributed by atoms with Gasteiger partial charge in [-0.3, -0.25) is 4.79 Å². The zero-order valence-electron chi connectivity index (χ0n) is 10.0. The fraction of sp³-hybridized carbons (Fsp3) is 0.0714. The van der Waals surface area contributed by atoms with Gasteiger partial charge in [0.1, 0.15) is 0 Å². The summed E-state index contributed by atoms with van der Waals surface area (Å²) in [6, 6.07) is 9.16. The standard InChI is InChI=1S/C14H9ClF3NO/c15-12-6-3-9(7-11(12)13(19)20)8-1-4-10(5-2-8)14(16,17)18/h1-7H,(H2,19,20). The lowest BCUT2D eigenvalue weighted by atomic mass is 10.0. The fourth-order valence-corrected chi connectivity index (χ4v) is 1.96. The molecule has 1 amide bonds. The Kier molecular flexibility index (Phi) is 3.72. The van der Waals surface area contributed by atoms with Gasteiger partial charge in [0.2, 0.25) is 5.91 Å². The molecule has 2 aromatic rings. The van der Waals surface area contributed by atoms with E-state index in [9.17, 15) is 18.0 Å². The number of benzene rings is 2. The van der Waals surface area contributed by atoms with Crippen LogP contribution >= 0.6 is 11.6 Å². The van der Waals surface area contributed by atoms with Crippen LogP contribution in [0.5, 0.6) is 0 Å². The Balaban J connectivity index is 2.42. The number of amides is 1. The average molecular weight is 300 g/mol. The molecule has 6 heteroatoms. The van der Waals surface area contributed by atoms with Crippen molar-refractivity contribution in [2.45, 2.75) is 6.18 Å². The van der Waals surface area contributed by atoms with E-state index in [4.69, 9.17) is 17.3 Å². The molecule has 0 radical (unpaired) electrons. The molecule has 0 saturated heterocycles. The van der Waals surface area contributed by atoms with Crippen LogP contribution in [0.4, 0.5) is 13.2 Å². The van der Waals surface area contributed by atoms with Crippen LogP contribution < -0.4 is 5.73 Å². The largest absolute Gasteiger partial charge is 0.416 e. The number of alkyl halides is 3. The van der Waals surface area contributed by atoms with Crippen LogP contribution in [0, 0.1) is 0 Å². The van der Waals surface area contributed by atoms with Gasteiger partial charge in [-0.15, -0.1) is 0 Å². The monoisotopic (exact) mass is 299 g/mol. The van der Waals surface area contributed by atoms with Crippen LogP contribution in [0.1, 0.15) is 15.9 Å². The molecule has 0 aromatic heterocycles. The minimum absolute atomic E-state index is 0.129. The Morgan fingerprint density at radius 2 is 1.55 bits per heavy atom. The van der Waals surface area contributed by atoms with E-state index in [1.54, 1.807) is 6.07 Å². The molecule has 0 aliphatic heterocycles. The van der Waals surface area contributed by atoms with Crippen LogP contribution in [-0.2, 0) is 6.18 Å².